The third-order valence-electron chi connectivity index (χ3n) is 4.30. The van der Waals surface area contributed by atoms with Crippen LogP contribution in [0.5, 0.6) is 0 Å². The van der Waals surface area contributed by atoms with Gasteiger partial charge in [-0.2, -0.15) is 0 Å². The Morgan fingerprint density at radius 3 is 2.35 bits per heavy atom. The highest BCUT2D eigenvalue weighted by atomic mass is 16.2. The molecule has 2 amide bonds. The quantitative estimate of drug-likeness (QED) is 0.651. The van der Waals surface area contributed by atoms with Crippen LogP contribution in [0.2, 0.25) is 0 Å². The van der Waals surface area contributed by atoms with Gasteiger partial charge in [0, 0.05) is 38.4 Å². The van der Waals surface area contributed by atoms with Gasteiger partial charge in [0.15, 0.2) is 0 Å². The molecular formula is C21H27N3O2. The van der Waals surface area contributed by atoms with Gasteiger partial charge in [0.05, 0.1) is 6.54 Å². The van der Waals surface area contributed by atoms with Crippen LogP contribution >= 0.6 is 0 Å². The summed E-state index contributed by atoms with van der Waals surface area (Å²) in [7, 11) is 1.96. The minimum atomic E-state index is -0.0706. The summed E-state index contributed by atoms with van der Waals surface area (Å²) in [5.41, 5.74) is 2.11. The molecule has 0 fully saturated rings. The van der Waals surface area contributed by atoms with Crippen molar-refractivity contribution in [3.8, 4) is 0 Å². The predicted octanol–water partition coefficient (Wildman–Crippen LogP) is 2.98. The zero-order valence-electron chi connectivity index (χ0n) is 15.6. The van der Waals surface area contributed by atoms with Gasteiger partial charge in [-0.05, 0) is 17.7 Å². The van der Waals surface area contributed by atoms with Gasteiger partial charge in [0.2, 0.25) is 11.8 Å². The normalized spacial score (nSPS) is 10.4. The highest BCUT2D eigenvalue weighted by Gasteiger charge is 2.20. The second-order valence-electron chi connectivity index (χ2n) is 6.26. The lowest BCUT2D eigenvalue weighted by Gasteiger charge is -2.27. The molecule has 0 radical (unpaired) electrons. The first-order chi connectivity index (χ1) is 12.5. The molecule has 5 heteroatoms. The van der Waals surface area contributed by atoms with E-state index >= 15 is 0 Å². The maximum absolute atomic E-state index is 13.0. The van der Waals surface area contributed by atoms with Gasteiger partial charge < -0.3 is 14.4 Å². The summed E-state index contributed by atoms with van der Waals surface area (Å²) >= 11 is 0. The van der Waals surface area contributed by atoms with Crippen LogP contribution in [0.4, 0.5) is 0 Å². The summed E-state index contributed by atoms with van der Waals surface area (Å²) in [5.74, 6) is -0.115. The molecule has 0 saturated carbocycles. The van der Waals surface area contributed by atoms with E-state index in [1.165, 1.54) is 0 Å². The lowest BCUT2D eigenvalue weighted by molar-refractivity contribution is -0.140. The monoisotopic (exact) mass is 353 g/mol. The molecule has 5 nitrogen and oxygen atoms in total. The Labute approximate surface area is 155 Å². The molecule has 1 heterocycles. The number of nitrogens with zero attached hydrogens (tertiary/aromatic N) is 3. The maximum Gasteiger partial charge on any atom is 0.242 e. The molecule has 0 bridgehead atoms. The first kappa shape index (κ1) is 19.5. The van der Waals surface area contributed by atoms with Crippen LogP contribution in [0.25, 0.3) is 0 Å². The van der Waals surface area contributed by atoms with Crippen molar-refractivity contribution in [2.75, 3.05) is 13.1 Å². The van der Waals surface area contributed by atoms with Crippen LogP contribution in [-0.4, -0.2) is 39.3 Å². The molecule has 0 aliphatic heterocycles. The molecule has 0 aliphatic rings. The Kier molecular flexibility index (Phi) is 7.21. The van der Waals surface area contributed by atoms with E-state index in [2.05, 4.69) is 6.58 Å². The van der Waals surface area contributed by atoms with Gasteiger partial charge in [0.25, 0.3) is 0 Å². The fraction of sp³-hybridized carbons (Fsp3) is 0.333. The molecule has 0 unspecified atom stereocenters. The Bertz CT molecular complexity index is 737. The number of carbonyl (C=O) groups is 2. The molecule has 1 aromatic heterocycles. The van der Waals surface area contributed by atoms with E-state index in [1.807, 2.05) is 60.3 Å². The average molecular weight is 353 g/mol. The minimum Gasteiger partial charge on any atom is -0.353 e. The molecule has 0 aliphatic carbocycles. The molecule has 2 aromatic rings. The van der Waals surface area contributed by atoms with E-state index in [1.54, 1.807) is 22.8 Å². The third-order valence-corrected chi connectivity index (χ3v) is 4.30. The minimum absolute atomic E-state index is 0.0447. The van der Waals surface area contributed by atoms with Crippen molar-refractivity contribution in [1.29, 1.82) is 0 Å². The highest BCUT2D eigenvalue weighted by molar-refractivity contribution is 5.84. The summed E-state index contributed by atoms with van der Waals surface area (Å²) in [4.78, 5) is 28.4. The van der Waals surface area contributed by atoms with E-state index < -0.39 is 0 Å². The average Bonchev–Trinajstić information content (AvgIpc) is 3.05. The second kappa shape index (κ2) is 9.61. The highest BCUT2D eigenvalue weighted by Crippen LogP contribution is 2.12. The zero-order chi connectivity index (χ0) is 18.9. The fourth-order valence-electron chi connectivity index (χ4n) is 2.79. The smallest absolute Gasteiger partial charge is 0.242 e. The van der Waals surface area contributed by atoms with Gasteiger partial charge >= 0.3 is 0 Å². The summed E-state index contributed by atoms with van der Waals surface area (Å²) < 4.78 is 2.00. The van der Waals surface area contributed by atoms with Crippen molar-refractivity contribution in [2.45, 2.75) is 26.4 Å². The topological polar surface area (TPSA) is 45.6 Å². The number of hydrogen-bond donors (Lipinski definition) is 0. The zero-order valence-corrected chi connectivity index (χ0v) is 15.6. The summed E-state index contributed by atoms with van der Waals surface area (Å²) in [5, 5.41) is 0. The van der Waals surface area contributed by atoms with Crippen molar-refractivity contribution in [1.82, 2.24) is 14.4 Å². The van der Waals surface area contributed by atoms with E-state index in [9.17, 15) is 9.59 Å². The third kappa shape index (κ3) is 5.34. The number of rotatable bonds is 9. The van der Waals surface area contributed by atoms with Crippen LogP contribution in [0.1, 0.15) is 24.6 Å². The van der Waals surface area contributed by atoms with Gasteiger partial charge in [-0.15, -0.1) is 6.58 Å². The maximum atomic E-state index is 13.0. The Morgan fingerprint density at radius 1 is 1.04 bits per heavy atom. The number of aryl methyl sites for hydroxylation is 1. The second-order valence-corrected chi connectivity index (χ2v) is 6.26. The first-order valence-corrected chi connectivity index (χ1v) is 8.85. The molecule has 0 saturated heterocycles. The van der Waals surface area contributed by atoms with Gasteiger partial charge in [0.1, 0.15) is 6.54 Å². The predicted molar refractivity (Wildman–Crippen MR) is 103 cm³/mol. The van der Waals surface area contributed by atoms with E-state index in [-0.39, 0.29) is 18.4 Å². The Hall–Kier alpha value is -2.82. The Morgan fingerprint density at radius 2 is 1.77 bits per heavy atom. The van der Waals surface area contributed by atoms with Crippen LogP contribution < -0.4 is 0 Å². The van der Waals surface area contributed by atoms with Crippen molar-refractivity contribution >= 4 is 11.8 Å². The van der Waals surface area contributed by atoms with Crippen LogP contribution in [0.3, 0.4) is 0 Å². The number of amides is 2. The number of benzene rings is 1. The molecule has 138 valence electrons. The van der Waals surface area contributed by atoms with E-state index in [0.29, 0.717) is 26.1 Å². The molecule has 0 atom stereocenters. The largest absolute Gasteiger partial charge is 0.353 e. The van der Waals surface area contributed by atoms with Gasteiger partial charge in [-0.3, -0.25) is 9.59 Å². The van der Waals surface area contributed by atoms with Crippen LogP contribution in [-0.2, 0) is 29.7 Å². The number of aromatic nitrogens is 1. The van der Waals surface area contributed by atoms with Crippen molar-refractivity contribution in [3.63, 3.8) is 0 Å². The molecular weight excluding hydrogens is 326 g/mol. The molecule has 0 N–H and O–H groups in total. The lowest BCUT2D eigenvalue weighted by atomic mass is 10.2. The lowest BCUT2D eigenvalue weighted by Crippen LogP contribution is -2.42. The van der Waals surface area contributed by atoms with Gasteiger partial charge in [-0.1, -0.05) is 43.3 Å². The van der Waals surface area contributed by atoms with Crippen molar-refractivity contribution in [2.24, 2.45) is 7.05 Å². The fourth-order valence-corrected chi connectivity index (χ4v) is 2.79. The molecule has 1 aromatic carbocycles. The number of carbonyl (C=O) groups excluding carboxylic acids is 2. The molecule has 26 heavy (non-hydrogen) atoms. The summed E-state index contributed by atoms with van der Waals surface area (Å²) in [6.45, 7) is 6.94. The van der Waals surface area contributed by atoms with Gasteiger partial charge in [-0.25, -0.2) is 0 Å². The molecule has 0 spiro atoms. The van der Waals surface area contributed by atoms with Crippen molar-refractivity contribution < 1.29 is 9.59 Å². The summed E-state index contributed by atoms with van der Waals surface area (Å²) in [6.07, 6.45) is 3.99. The van der Waals surface area contributed by atoms with Crippen molar-refractivity contribution in [3.05, 3.63) is 72.6 Å². The SMILES string of the molecule is C=CCN(CC(=O)N(Cc1ccccc1)Cc1cccn1C)C(=O)CC. The van der Waals surface area contributed by atoms with Crippen LogP contribution in [0, 0.1) is 0 Å². The van der Waals surface area contributed by atoms with Crippen LogP contribution in [0.15, 0.2) is 61.3 Å². The molecule has 2 rings (SSSR count). The summed E-state index contributed by atoms with van der Waals surface area (Å²) in [6, 6.07) is 13.9. The van der Waals surface area contributed by atoms with E-state index in [4.69, 9.17) is 0 Å². The number of hydrogen-bond acceptors (Lipinski definition) is 2. The first-order valence-electron chi connectivity index (χ1n) is 8.85. The van der Waals surface area contributed by atoms with E-state index in [0.717, 1.165) is 11.3 Å². The standard InChI is InChI=1S/C21H27N3O2/c1-4-13-23(20(25)5-2)17-21(26)24(15-18-10-7-6-8-11-18)16-19-12-9-14-22(19)3/h4,6-12,14H,1,5,13,15-17H2,2-3H3. The Balaban J connectivity index is 2.18.